The second-order valence-electron chi connectivity index (χ2n) is 4.22. The molecule has 1 saturated carbocycles. The van der Waals surface area contributed by atoms with Crippen LogP contribution in [0.3, 0.4) is 0 Å². The number of carbonyl (C=O) groups is 1. The largest absolute Gasteiger partial charge is 0.378 e. The highest BCUT2D eigenvalue weighted by Gasteiger charge is 2.34. The van der Waals surface area contributed by atoms with Gasteiger partial charge in [-0.25, -0.2) is 0 Å². The van der Waals surface area contributed by atoms with Crippen molar-refractivity contribution in [1.82, 2.24) is 0 Å². The maximum absolute atomic E-state index is 10.5. The highest BCUT2D eigenvalue weighted by molar-refractivity contribution is 5.51. The maximum Gasteiger partial charge on any atom is 0.122 e. The van der Waals surface area contributed by atoms with Gasteiger partial charge in [-0.05, 0) is 25.7 Å². The normalized spacial score (nSPS) is 23.8. The maximum atomic E-state index is 10.5. The number of ether oxygens (including phenoxy) is 1. The fourth-order valence-corrected chi connectivity index (χ4v) is 2.30. The smallest absolute Gasteiger partial charge is 0.122 e. The molecular weight excluding hydrogens is 164 g/mol. The van der Waals surface area contributed by atoms with Gasteiger partial charge in [0.15, 0.2) is 0 Å². The summed E-state index contributed by atoms with van der Waals surface area (Å²) in [5.74, 6) is 0.580. The Morgan fingerprint density at radius 1 is 1.38 bits per heavy atom. The first-order chi connectivity index (χ1) is 6.23. The summed E-state index contributed by atoms with van der Waals surface area (Å²) < 4.78 is 5.49. The Morgan fingerprint density at radius 3 is 2.46 bits per heavy atom. The van der Waals surface area contributed by atoms with Gasteiger partial charge >= 0.3 is 0 Å². The highest BCUT2D eigenvalue weighted by Crippen LogP contribution is 2.36. The number of carbonyl (C=O) groups excluding carboxylic acids is 1. The second kappa shape index (κ2) is 4.75. The van der Waals surface area contributed by atoms with E-state index in [1.54, 1.807) is 7.11 Å². The van der Waals surface area contributed by atoms with Gasteiger partial charge < -0.3 is 9.53 Å². The van der Waals surface area contributed by atoms with Crippen LogP contribution in [0.1, 0.15) is 45.4 Å². The number of rotatable bonds is 4. The monoisotopic (exact) mass is 184 g/mol. The minimum Gasteiger partial charge on any atom is -0.378 e. The average Bonchev–Trinajstić information content (AvgIpc) is 2.19. The Bertz CT molecular complexity index is 161. The third kappa shape index (κ3) is 2.53. The topological polar surface area (TPSA) is 26.3 Å². The molecule has 1 aliphatic carbocycles. The van der Waals surface area contributed by atoms with Crippen molar-refractivity contribution >= 4 is 6.29 Å². The molecular formula is C11H20O2. The van der Waals surface area contributed by atoms with E-state index in [1.165, 1.54) is 32.1 Å². The number of aldehydes is 1. The van der Waals surface area contributed by atoms with Crippen LogP contribution >= 0.6 is 0 Å². The summed E-state index contributed by atoms with van der Waals surface area (Å²) in [4.78, 5) is 10.5. The lowest BCUT2D eigenvalue weighted by molar-refractivity contribution is -0.117. The summed E-state index contributed by atoms with van der Waals surface area (Å²) in [5.41, 5.74) is -0.206. The molecule has 1 aliphatic rings. The fourth-order valence-electron chi connectivity index (χ4n) is 2.30. The number of methoxy groups -OCH3 is 1. The number of hydrogen-bond donors (Lipinski definition) is 0. The molecule has 76 valence electrons. The molecule has 1 fully saturated rings. The van der Waals surface area contributed by atoms with Crippen LogP contribution in [0.15, 0.2) is 0 Å². The van der Waals surface area contributed by atoms with Gasteiger partial charge in [-0.2, -0.15) is 0 Å². The third-order valence-corrected chi connectivity index (χ3v) is 3.42. The van der Waals surface area contributed by atoms with Crippen LogP contribution in [-0.2, 0) is 9.53 Å². The zero-order valence-electron chi connectivity index (χ0n) is 8.71. The minimum atomic E-state index is -0.206. The molecule has 0 aromatic carbocycles. The molecule has 13 heavy (non-hydrogen) atoms. The van der Waals surface area contributed by atoms with Gasteiger partial charge in [-0.1, -0.05) is 19.3 Å². The first-order valence-electron chi connectivity index (χ1n) is 5.22. The van der Waals surface area contributed by atoms with E-state index >= 15 is 0 Å². The van der Waals surface area contributed by atoms with Crippen molar-refractivity contribution in [2.24, 2.45) is 5.92 Å². The Balaban J connectivity index is 2.56. The van der Waals surface area contributed by atoms with Crippen LogP contribution in [0, 0.1) is 5.92 Å². The zero-order valence-corrected chi connectivity index (χ0v) is 8.71. The van der Waals surface area contributed by atoms with Crippen molar-refractivity contribution in [3.63, 3.8) is 0 Å². The molecule has 2 nitrogen and oxygen atoms in total. The van der Waals surface area contributed by atoms with E-state index < -0.39 is 0 Å². The lowest BCUT2D eigenvalue weighted by Gasteiger charge is -2.37. The van der Waals surface area contributed by atoms with Gasteiger partial charge in [0.2, 0.25) is 0 Å². The van der Waals surface area contributed by atoms with Crippen LogP contribution < -0.4 is 0 Å². The first kappa shape index (κ1) is 10.7. The molecule has 2 heteroatoms. The van der Waals surface area contributed by atoms with Crippen LogP contribution in [0.2, 0.25) is 0 Å². The molecule has 1 atom stereocenters. The summed E-state index contributed by atoms with van der Waals surface area (Å²) in [6.07, 6.45) is 7.89. The summed E-state index contributed by atoms with van der Waals surface area (Å²) in [6.45, 7) is 2.07. The van der Waals surface area contributed by atoms with Crippen molar-refractivity contribution in [2.75, 3.05) is 7.11 Å². The standard InChI is InChI=1S/C11H20O2/c1-11(13-2,8-9-12)10-6-4-3-5-7-10/h9-10H,3-8H2,1-2H3. The average molecular weight is 184 g/mol. The molecule has 0 heterocycles. The van der Waals surface area contributed by atoms with Crippen molar-refractivity contribution in [1.29, 1.82) is 0 Å². The zero-order chi connectivity index (χ0) is 9.73. The van der Waals surface area contributed by atoms with Crippen LogP contribution in [0.4, 0.5) is 0 Å². The van der Waals surface area contributed by atoms with Gasteiger partial charge in [-0.15, -0.1) is 0 Å². The van der Waals surface area contributed by atoms with Crippen molar-refractivity contribution < 1.29 is 9.53 Å². The molecule has 1 unspecified atom stereocenters. The Kier molecular flexibility index (Phi) is 3.91. The molecule has 0 bridgehead atoms. The molecule has 1 rings (SSSR count). The van der Waals surface area contributed by atoms with E-state index in [4.69, 9.17) is 4.74 Å². The fraction of sp³-hybridized carbons (Fsp3) is 0.909. The Morgan fingerprint density at radius 2 is 2.00 bits per heavy atom. The van der Waals surface area contributed by atoms with E-state index in [1.807, 2.05) is 0 Å². The molecule has 0 aromatic heterocycles. The third-order valence-electron chi connectivity index (χ3n) is 3.42. The Hall–Kier alpha value is -0.370. The minimum absolute atomic E-state index is 0.206. The summed E-state index contributed by atoms with van der Waals surface area (Å²) >= 11 is 0. The molecule has 0 aliphatic heterocycles. The van der Waals surface area contributed by atoms with E-state index in [0.717, 1.165) is 6.29 Å². The summed E-state index contributed by atoms with van der Waals surface area (Å²) in [5, 5.41) is 0. The second-order valence-corrected chi connectivity index (χ2v) is 4.22. The van der Waals surface area contributed by atoms with Crippen LogP contribution in [0.5, 0.6) is 0 Å². The predicted octanol–water partition coefficient (Wildman–Crippen LogP) is 2.56. The van der Waals surface area contributed by atoms with Gasteiger partial charge in [0.1, 0.15) is 6.29 Å². The van der Waals surface area contributed by atoms with Gasteiger partial charge in [-0.3, -0.25) is 0 Å². The summed E-state index contributed by atoms with van der Waals surface area (Å²) in [6, 6.07) is 0. The molecule has 0 amide bonds. The molecule has 0 saturated heterocycles. The van der Waals surface area contributed by atoms with Crippen molar-refractivity contribution in [3.8, 4) is 0 Å². The quantitative estimate of drug-likeness (QED) is 0.628. The Labute approximate surface area is 80.7 Å². The van der Waals surface area contributed by atoms with E-state index in [2.05, 4.69) is 6.92 Å². The lowest BCUT2D eigenvalue weighted by Crippen LogP contribution is -2.38. The van der Waals surface area contributed by atoms with Crippen molar-refractivity contribution in [2.45, 2.75) is 51.0 Å². The molecule has 0 radical (unpaired) electrons. The highest BCUT2D eigenvalue weighted by atomic mass is 16.5. The van der Waals surface area contributed by atoms with E-state index in [-0.39, 0.29) is 5.60 Å². The van der Waals surface area contributed by atoms with E-state index in [0.29, 0.717) is 12.3 Å². The molecule has 0 spiro atoms. The van der Waals surface area contributed by atoms with Crippen LogP contribution in [0.25, 0.3) is 0 Å². The van der Waals surface area contributed by atoms with Crippen LogP contribution in [-0.4, -0.2) is 19.0 Å². The number of hydrogen-bond acceptors (Lipinski definition) is 2. The summed E-state index contributed by atoms with van der Waals surface area (Å²) in [7, 11) is 1.72. The lowest BCUT2D eigenvalue weighted by atomic mass is 9.76. The first-order valence-corrected chi connectivity index (χ1v) is 5.22. The predicted molar refractivity (Wildman–Crippen MR) is 52.7 cm³/mol. The molecule has 0 aromatic rings. The molecule has 0 N–H and O–H groups in total. The van der Waals surface area contributed by atoms with Gasteiger partial charge in [0, 0.05) is 13.5 Å². The van der Waals surface area contributed by atoms with Gasteiger partial charge in [0.05, 0.1) is 5.60 Å². The van der Waals surface area contributed by atoms with E-state index in [9.17, 15) is 4.79 Å². The van der Waals surface area contributed by atoms with Crippen molar-refractivity contribution in [3.05, 3.63) is 0 Å². The SMILES string of the molecule is COC(C)(CC=O)C1CCCCC1. The van der Waals surface area contributed by atoms with Gasteiger partial charge in [0.25, 0.3) is 0 Å².